The highest BCUT2D eigenvalue weighted by Gasteiger charge is 2.28. The van der Waals surface area contributed by atoms with Crippen LogP contribution in [0.25, 0.3) is 0 Å². The van der Waals surface area contributed by atoms with Gasteiger partial charge in [-0.25, -0.2) is 17.6 Å². The summed E-state index contributed by atoms with van der Waals surface area (Å²) in [6, 6.07) is 11.5. The van der Waals surface area contributed by atoms with E-state index in [1.54, 1.807) is 24.3 Å². The molecule has 0 bridgehead atoms. The van der Waals surface area contributed by atoms with Gasteiger partial charge in [-0.05, 0) is 24.3 Å². The van der Waals surface area contributed by atoms with Gasteiger partial charge in [0, 0.05) is 18.7 Å². The van der Waals surface area contributed by atoms with Gasteiger partial charge in [-0.3, -0.25) is 0 Å². The summed E-state index contributed by atoms with van der Waals surface area (Å²) in [6.07, 6.45) is 0. The minimum absolute atomic E-state index is 0.185. The van der Waals surface area contributed by atoms with Crippen molar-refractivity contribution in [1.82, 2.24) is 4.31 Å². The Morgan fingerprint density at radius 2 is 1.93 bits per heavy atom. The van der Waals surface area contributed by atoms with Crippen LogP contribution >= 0.6 is 0 Å². The number of rotatable bonds is 5. The van der Waals surface area contributed by atoms with E-state index in [2.05, 4.69) is 0 Å². The molecule has 0 amide bonds. The molecule has 7 nitrogen and oxygen atoms in total. The number of ether oxygens (including phenoxy) is 2. The molecule has 0 aromatic heterocycles. The Balaban J connectivity index is 1.81. The van der Waals surface area contributed by atoms with Gasteiger partial charge in [0.05, 0.1) is 35.3 Å². The van der Waals surface area contributed by atoms with Gasteiger partial charge in [-0.15, -0.1) is 0 Å². The fourth-order valence-electron chi connectivity index (χ4n) is 2.73. The van der Waals surface area contributed by atoms with Crippen molar-refractivity contribution >= 4 is 16.0 Å². The van der Waals surface area contributed by atoms with Crippen LogP contribution in [0, 0.1) is 17.1 Å². The van der Waals surface area contributed by atoms with Gasteiger partial charge >= 0.3 is 5.97 Å². The van der Waals surface area contributed by atoms with Crippen LogP contribution in [-0.2, 0) is 26.1 Å². The molecule has 2 aromatic rings. The zero-order chi connectivity index (χ0) is 20.1. The molecule has 1 aliphatic heterocycles. The highest BCUT2D eigenvalue weighted by Crippen LogP contribution is 2.21. The number of morpholine rings is 1. The Kier molecular flexibility index (Phi) is 6.04. The average Bonchev–Trinajstić information content (AvgIpc) is 2.73. The predicted octanol–water partition coefficient (Wildman–Crippen LogP) is 2.08. The van der Waals surface area contributed by atoms with Gasteiger partial charge in [0.25, 0.3) is 0 Å². The summed E-state index contributed by atoms with van der Waals surface area (Å²) in [6.45, 7) is 0.679. The first-order valence-electron chi connectivity index (χ1n) is 8.46. The molecule has 0 aliphatic carbocycles. The lowest BCUT2D eigenvalue weighted by molar-refractivity contribution is 0.0466. The lowest BCUT2D eigenvalue weighted by atomic mass is 10.1. The van der Waals surface area contributed by atoms with E-state index in [1.807, 2.05) is 6.07 Å². The molecule has 9 heteroatoms. The average molecular weight is 404 g/mol. The number of nitriles is 1. The number of nitrogens with zero attached hydrogens (tertiary/aromatic N) is 2. The van der Waals surface area contributed by atoms with Gasteiger partial charge < -0.3 is 9.47 Å². The first-order valence-corrected chi connectivity index (χ1v) is 9.90. The van der Waals surface area contributed by atoms with E-state index in [4.69, 9.17) is 14.7 Å². The standard InChI is InChI=1S/C19H17FN2O5S/c20-18-6-5-16(28(24,25)22-7-9-26-10-8-22)11-17(18)19(23)27-13-15-4-2-1-3-14(15)12-21/h1-6,11H,7-10,13H2. The summed E-state index contributed by atoms with van der Waals surface area (Å²) in [7, 11) is -3.88. The van der Waals surface area contributed by atoms with Crippen LogP contribution in [0.15, 0.2) is 47.4 Å². The maximum atomic E-state index is 14.1. The SMILES string of the molecule is N#Cc1ccccc1COC(=O)c1cc(S(=O)(=O)N2CCOCC2)ccc1F. The highest BCUT2D eigenvalue weighted by molar-refractivity contribution is 7.89. The van der Waals surface area contributed by atoms with Crippen LogP contribution in [-0.4, -0.2) is 45.0 Å². The molecule has 28 heavy (non-hydrogen) atoms. The summed E-state index contributed by atoms with van der Waals surface area (Å²) >= 11 is 0. The summed E-state index contributed by atoms with van der Waals surface area (Å²) < 4.78 is 51.0. The Labute approximate surface area is 162 Å². The fraction of sp³-hybridized carbons (Fsp3) is 0.263. The van der Waals surface area contributed by atoms with Gasteiger partial charge in [-0.2, -0.15) is 9.57 Å². The number of benzene rings is 2. The van der Waals surface area contributed by atoms with Crippen molar-refractivity contribution in [2.45, 2.75) is 11.5 Å². The first kappa shape index (κ1) is 19.9. The minimum Gasteiger partial charge on any atom is -0.457 e. The third-order valence-electron chi connectivity index (χ3n) is 4.26. The lowest BCUT2D eigenvalue weighted by Gasteiger charge is -2.26. The van der Waals surface area contributed by atoms with E-state index in [1.165, 1.54) is 4.31 Å². The summed E-state index contributed by atoms with van der Waals surface area (Å²) in [5.41, 5.74) is 0.319. The molecular formula is C19H17FN2O5S. The molecule has 0 atom stereocenters. The Morgan fingerprint density at radius 1 is 1.21 bits per heavy atom. The number of hydrogen-bond acceptors (Lipinski definition) is 6. The number of esters is 1. The molecule has 1 saturated heterocycles. The quantitative estimate of drug-likeness (QED) is 0.708. The number of hydrogen-bond donors (Lipinski definition) is 0. The van der Waals surface area contributed by atoms with Crippen molar-refractivity contribution in [3.8, 4) is 6.07 Å². The Morgan fingerprint density at radius 3 is 2.64 bits per heavy atom. The number of carbonyl (C=O) groups excluding carboxylic acids is 1. The second-order valence-corrected chi connectivity index (χ2v) is 7.94. The molecule has 1 fully saturated rings. The van der Waals surface area contributed by atoms with Crippen molar-refractivity contribution in [3.05, 3.63) is 65.0 Å². The Hall–Kier alpha value is -2.80. The Bertz CT molecular complexity index is 1030. The molecule has 0 saturated carbocycles. The molecule has 1 aliphatic rings. The van der Waals surface area contributed by atoms with Crippen LogP contribution in [0.1, 0.15) is 21.5 Å². The number of halogens is 1. The van der Waals surface area contributed by atoms with E-state index < -0.39 is 27.4 Å². The maximum absolute atomic E-state index is 14.1. The third-order valence-corrected chi connectivity index (χ3v) is 6.16. The van der Waals surface area contributed by atoms with Crippen LogP contribution in [0.5, 0.6) is 0 Å². The number of sulfonamides is 1. The van der Waals surface area contributed by atoms with Gasteiger partial charge in [0.1, 0.15) is 12.4 Å². The largest absolute Gasteiger partial charge is 0.457 e. The van der Waals surface area contributed by atoms with Gasteiger partial charge in [0.2, 0.25) is 10.0 Å². The summed E-state index contributed by atoms with van der Waals surface area (Å²) in [5.74, 6) is -1.90. The predicted molar refractivity (Wildman–Crippen MR) is 96.3 cm³/mol. The molecule has 1 heterocycles. The topological polar surface area (TPSA) is 96.7 Å². The molecule has 0 spiro atoms. The van der Waals surface area contributed by atoms with Gasteiger partial charge in [-0.1, -0.05) is 18.2 Å². The van der Waals surface area contributed by atoms with Crippen LogP contribution in [0.3, 0.4) is 0 Å². The van der Waals surface area contributed by atoms with E-state index in [0.717, 1.165) is 18.2 Å². The van der Waals surface area contributed by atoms with Crippen molar-refractivity contribution in [2.75, 3.05) is 26.3 Å². The smallest absolute Gasteiger partial charge is 0.341 e. The normalized spacial score (nSPS) is 15.0. The fourth-order valence-corrected chi connectivity index (χ4v) is 4.17. The molecular weight excluding hydrogens is 387 g/mol. The van der Waals surface area contributed by atoms with E-state index in [0.29, 0.717) is 11.1 Å². The van der Waals surface area contributed by atoms with Crippen LogP contribution in [0.4, 0.5) is 4.39 Å². The lowest BCUT2D eigenvalue weighted by Crippen LogP contribution is -2.40. The molecule has 0 radical (unpaired) electrons. The second-order valence-electron chi connectivity index (χ2n) is 6.00. The monoisotopic (exact) mass is 404 g/mol. The molecule has 2 aromatic carbocycles. The summed E-state index contributed by atoms with van der Waals surface area (Å²) in [5, 5.41) is 9.06. The highest BCUT2D eigenvalue weighted by atomic mass is 32.2. The number of carbonyl (C=O) groups is 1. The molecule has 3 rings (SSSR count). The molecule has 0 unspecified atom stereocenters. The zero-order valence-electron chi connectivity index (χ0n) is 14.8. The van der Waals surface area contributed by atoms with Gasteiger partial charge in [0.15, 0.2) is 0 Å². The second kappa shape index (κ2) is 8.48. The van der Waals surface area contributed by atoms with E-state index in [-0.39, 0.29) is 37.8 Å². The van der Waals surface area contributed by atoms with Crippen molar-refractivity contribution < 1.29 is 27.1 Å². The minimum atomic E-state index is -3.88. The van der Waals surface area contributed by atoms with Crippen LogP contribution in [0.2, 0.25) is 0 Å². The van der Waals surface area contributed by atoms with Crippen molar-refractivity contribution in [1.29, 1.82) is 5.26 Å². The molecule has 0 N–H and O–H groups in total. The maximum Gasteiger partial charge on any atom is 0.341 e. The first-order chi connectivity index (χ1) is 13.4. The third kappa shape index (κ3) is 4.20. The summed E-state index contributed by atoms with van der Waals surface area (Å²) in [4.78, 5) is 12.1. The van der Waals surface area contributed by atoms with Crippen LogP contribution < -0.4 is 0 Å². The van der Waals surface area contributed by atoms with Crippen molar-refractivity contribution in [2.24, 2.45) is 0 Å². The zero-order valence-corrected chi connectivity index (χ0v) is 15.6. The molecule has 146 valence electrons. The van der Waals surface area contributed by atoms with E-state index >= 15 is 0 Å². The van der Waals surface area contributed by atoms with E-state index in [9.17, 15) is 17.6 Å². The van der Waals surface area contributed by atoms with Crippen molar-refractivity contribution in [3.63, 3.8) is 0 Å².